The first-order chi connectivity index (χ1) is 11.4. The van der Waals surface area contributed by atoms with Crippen molar-refractivity contribution in [1.29, 1.82) is 0 Å². The Bertz CT molecular complexity index is 748. The maximum atomic E-state index is 12.6. The number of carbonyl (C=O) groups is 1. The van der Waals surface area contributed by atoms with Crippen molar-refractivity contribution in [2.75, 3.05) is 18.5 Å². The zero-order valence-corrected chi connectivity index (χ0v) is 16.0. The van der Waals surface area contributed by atoms with E-state index in [4.69, 9.17) is 10.5 Å². The molecule has 1 fully saturated rings. The third-order valence-electron chi connectivity index (χ3n) is 4.01. The SMILES string of the molecule is Cc1ccc(NC(=O)C2(N)CCOCC2)cc1S(=O)(=O)NC(C)(C)C. The Morgan fingerprint density at radius 1 is 1.24 bits per heavy atom. The molecule has 1 saturated heterocycles. The molecule has 140 valence electrons. The minimum absolute atomic E-state index is 0.137. The van der Waals surface area contributed by atoms with Gasteiger partial charge in [-0.05, 0) is 58.2 Å². The number of nitrogens with two attached hydrogens (primary N) is 1. The van der Waals surface area contributed by atoms with Crippen molar-refractivity contribution in [3.63, 3.8) is 0 Å². The number of carbonyl (C=O) groups excluding carboxylic acids is 1. The highest BCUT2D eigenvalue weighted by atomic mass is 32.2. The number of benzene rings is 1. The van der Waals surface area contributed by atoms with Gasteiger partial charge in [-0.2, -0.15) is 0 Å². The zero-order chi connectivity index (χ0) is 18.9. The van der Waals surface area contributed by atoms with Crippen LogP contribution in [0.15, 0.2) is 23.1 Å². The summed E-state index contributed by atoms with van der Waals surface area (Å²) in [6, 6.07) is 4.80. The third kappa shape index (κ3) is 5.01. The maximum absolute atomic E-state index is 12.6. The first-order valence-electron chi connectivity index (χ1n) is 8.26. The van der Waals surface area contributed by atoms with Crippen LogP contribution < -0.4 is 15.8 Å². The number of rotatable bonds is 4. The van der Waals surface area contributed by atoms with Crippen molar-refractivity contribution in [3.05, 3.63) is 23.8 Å². The maximum Gasteiger partial charge on any atom is 0.244 e. The van der Waals surface area contributed by atoms with E-state index in [9.17, 15) is 13.2 Å². The summed E-state index contributed by atoms with van der Waals surface area (Å²) >= 11 is 0. The second-order valence-electron chi connectivity index (χ2n) is 7.56. The van der Waals surface area contributed by atoms with Crippen LogP contribution in [0.4, 0.5) is 5.69 Å². The topological polar surface area (TPSA) is 111 Å². The Balaban J connectivity index is 2.25. The molecule has 7 nitrogen and oxygen atoms in total. The fourth-order valence-corrected chi connectivity index (χ4v) is 4.33. The van der Waals surface area contributed by atoms with Crippen molar-refractivity contribution in [2.24, 2.45) is 5.73 Å². The molecule has 2 rings (SSSR count). The highest BCUT2D eigenvalue weighted by molar-refractivity contribution is 7.89. The molecule has 8 heteroatoms. The van der Waals surface area contributed by atoms with Gasteiger partial charge in [-0.1, -0.05) is 6.07 Å². The molecule has 1 aliphatic heterocycles. The predicted octanol–water partition coefficient (Wildman–Crippen LogP) is 1.52. The van der Waals surface area contributed by atoms with Crippen molar-refractivity contribution in [3.8, 4) is 0 Å². The lowest BCUT2D eigenvalue weighted by Crippen LogP contribution is -2.54. The molecule has 0 aromatic heterocycles. The number of amides is 1. The molecule has 1 aromatic carbocycles. The van der Waals surface area contributed by atoms with E-state index in [0.29, 0.717) is 37.3 Å². The van der Waals surface area contributed by atoms with Crippen LogP contribution in [0.2, 0.25) is 0 Å². The number of aryl methyl sites for hydroxylation is 1. The van der Waals surface area contributed by atoms with Crippen molar-refractivity contribution < 1.29 is 17.9 Å². The summed E-state index contributed by atoms with van der Waals surface area (Å²) in [5.74, 6) is -0.327. The molecule has 0 aliphatic carbocycles. The summed E-state index contributed by atoms with van der Waals surface area (Å²) in [6.45, 7) is 7.91. The number of ether oxygens (including phenoxy) is 1. The van der Waals surface area contributed by atoms with Gasteiger partial charge in [-0.3, -0.25) is 4.79 Å². The smallest absolute Gasteiger partial charge is 0.244 e. The predicted molar refractivity (Wildman–Crippen MR) is 96.9 cm³/mol. The lowest BCUT2D eigenvalue weighted by molar-refractivity contribution is -0.124. The average Bonchev–Trinajstić information content (AvgIpc) is 2.47. The van der Waals surface area contributed by atoms with E-state index in [0.717, 1.165) is 0 Å². The second kappa shape index (κ2) is 7.03. The Labute approximate surface area is 149 Å². The quantitative estimate of drug-likeness (QED) is 0.745. The van der Waals surface area contributed by atoms with Crippen LogP contribution in [-0.4, -0.2) is 38.6 Å². The van der Waals surface area contributed by atoms with Crippen molar-refractivity contribution >= 4 is 21.6 Å². The Hall–Kier alpha value is -1.48. The van der Waals surface area contributed by atoms with Gasteiger partial charge >= 0.3 is 0 Å². The number of sulfonamides is 1. The third-order valence-corrected chi connectivity index (χ3v) is 5.91. The molecule has 25 heavy (non-hydrogen) atoms. The standard InChI is InChI=1S/C17H27N3O4S/c1-12-5-6-13(11-14(12)25(22,23)20-16(2,3)4)19-15(21)17(18)7-9-24-10-8-17/h5-6,11,20H,7-10,18H2,1-4H3,(H,19,21). The number of anilines is 1. The molecule has 4 N–H and O–H groups in total. The Morgan fingerprint density at radius 3 is 2.40 bits per heavy atom. The molecular formula is C17H27N3O4S. The molecule has 0 atom stereocenters. The molecule has 1 amide bonds. The van der Waals surface area contributed by atoms with E-state index in [1.165, 1.54) is 6.07 Å². The van der Waals surface area contributed by atoms with E-state index in [1.54, 1.807) is 39.8 Å². The van der Waals surface area contributed by atoms with Crippen LogP contribution in [0, 0.1) is 6.92 Å². The molecule has 1 heterocycles. The molecular weight excluding hydrogens is 342 g/mol. The average molecular weight is 369 g/mol. The minimum atomic E-state index is -3.70. The fraction of sp³-hybridized carbons (Fsp3) is 0.588. The first kappa shape index (κ1) is 19.8. The molecule has 1 aliphatic rings. The van der Waals surface area contributed by atoms with E-state index >= 15 is 0 Å². The van der Waals surface area contributed by atoms with Crippen LogP contribution in [0.25, 0.3) is 0 Å². The van der Waals surface area contributed by atoms with E-state index in [2.05, 4.69) is 10.0 Å². The van der Waals surface area contributed by atoms with E-state index in [1.807, 2.05) is 0 Å². The highest BCUT2D eigenvalue weighted by Crippen LogP contribution is 2.24. The molecule has 1 aromatic rings. The van der Waals surface area contributed by atoms with Crippen LogP contribution in [0.5, 0.6) is 0 Å². The molecule has 0 radical (unpaired) electrons. The molecule has 0 spiro atoms. The number of hydrogen-bond donors (Lipinski definition) is 3. The molecule has 0 bridgehead atoms. The lowest BCUT2D eigenvalue weighted by Gasteiger charge is -2.31. The van der Waals surface area contributed by atoms with Crippen LogP contribution in [-0.2, 0) is 19.6 Å². The van der Waals surface area contributed by atoms with Gasteiger partial charge in [0.25, 0.3) is 0 Å². The van der Waals surface area contributed by atoms with E-state index in [-0.39, 0.29) is 10.8 Å². The second-order valence-corrected chi connectivity index (χ2v) is 9.21. The van der Waals surface area contributed by atoms with E-state index < -0.39 is 21.1 Å². The summed E-state index contributed by atoms with van der Waals surface area (Å²) in [7, 11) is -3.70. The Morgan fingerprint density at radius 2 is 1.84 bits per heavy atom. The van der Waals surface area contributed by atoms with Crippen LogP contribution in [0.3, 0.4) is 0 Å². The summed E-state index contributed by atoms with van der Waals surface area (Å²) in [4.78, 5) is 12.6. The van der Waals surface area contributed by atoms with Gasteiger partial charge < -0.3 is 15.8 Å². The van der Waals surface area contributed by atoms with Gasteiger partial charge in [0.05, 0.1) is 4.90 Å². The van der Waals surface area contributed by atoms with Crippen molar-refractivity contribution in [1.82, 2.24) is 4.72 Å². The Kier molecular flexibility index (Phi) is 5.58. The number of nitrogens with one attached hydrogen (secondary N) is 2. The van der Waals surface area contributed by atoms with Gasteiger partial charge in [0, 0.05) is 24.4 Å². The van der Waals surface area contributed by atoms with Crippen LogP contribution in [0.1, 0.15) is 39.2 Å². The summed E-state index contributed by atoms with van der Waals surface area (Å²) in [5, 5.41) is 2.74. The monoisotopic (exact) mass is 369 g/mol. The zero-order valence-electron chi connectivity index (χ0n) is 15.2. The van der Waals surface area contributed by atoms with Crippen LogP contribution >= 0.6 is 0 Å². The molecule has 0 saturated carbocycles. The largest absolute Gasteiger partial charge is 0.381 e. The summed E-state index contributed by atoms with van der Waals surface area (Å²) < 4.78 is 33.1. The van der Waals surface area contributed by atoms with Gasteiger partial charge in [-0.25, -0.2) is 13.1 Å². The summed E-state index contributed by atoms with van der Waals surface area (Å²) in [5.41, 5.74) is 5.57. The minimum Gasteiger partial charge on any atom is -0.381 e. The first-order valence-corrected chi connectivity index (χ1v) is 9.74. The summed E-state index contributed by atoms with van der Waals surface area (Å²) in [6.07, 6.45) is 0.864. The van der Waals surface area contributed by atoms with Crippen molar-refractivity contribution in [2.45, 2.75) is 56.5 Å². The fourth-order valence-electron chi connectivity index (χ4n) is 2.64. The number of hydrogen-bond acceptors (Lipinski definition) is 5. The van der Waals surface area contributed by atoms with Gasteiger partial charge in [0.15, 0.2) is 0 Å². The van der Waals surface area contributed by atoms with Gasteiger partial charge in [0.1, 0.15) is 5.54 Å². The van der Waals surface area contributed by atoms with Gasteiger partial charge in [-0.15, -0.1) is 0 Å². The lowest BCUT2D eigenvalue weighted by atomic mass is 9.90. The van der Waals surface area contributed by atoms with Gasteiger partial charge in [0.2, 0.25) is 15.9 Å². The normalized spacial score (nSPS) is 18.0. The highest BCUT2D eigenvalue weighted by Gasteiger charge is 2.36. The molecule has 0 unspecified atom stereocenters.